The highest BCUT2D eigenvalue weighted by Crippen LogP contribution is 2.32. The Morgan fingerprint density at radius 2 is 1.96 bits per heavy atom. The zero-order valence-electron chi connectivity index (χ0n) is 12.9. The Balaban J connectivity index is 1.78. The maximum absolute atomic E-state index is 12.4. The summed E-state index contributed by atoms with van der Waals surface area (Å²) in [6, 6.07) is 13.7. The van der Waals surface area contributed by atoms with E-state index in [2.05, 4.69) is 4.99 Å². The SMILES string of the molecule is CC1=CSC2=NC(=O)/C(=C\c3cccn3-c3ccccc3)C(=N)N12. The molecule has 2 aliphatic rings. The summed E-state index contributed by atoms with van der Waals surface area (Å²) in [5.41, 5.74) is 3.04. The van der Waals surface area contributed by atoms with E-state index in [4.69, 9.17) is 5.41 Å². The molecule has 118 valence electrons. The van der Waals surface area contributed by atoms with Crippen molar-refractivity contribution in [2.75, 3.05) is 0 Å². The number of allylic oxidation sites excluding steroid dienone is 1. The summed E-state index contributed by atoms with van der Waals surface area (Å²) in [4.78, 5) is 18.2. The second kappa shape index (κ2) is 5.65. The molecule has 2 aliphatic heterocycles. The van der Waals surface area contributed by atoms with Gasteiger partial charge in [-0.15, -0.1) is 0 Å². The van der Waals surface area contributed by atoms with Crippen LogP contribution in [0.1, 0.15) is 12.6 Å². The molecule has 0 unspecified atom stereocenters. The molecule has 1 amide bonds. The number of nitrogens with zero attached hydrogens (tertiary/aromatic N) is 3. The minimum absolute atomic E-state index is 0.171. The van der Waals surface area contributed by atoms with Gasteiger partial charge in [0, 0.05) is 23.3 Å². The minimum Gasteiger partial charge on any atom is -0.317 e. The zero-order chi connectivity index (χ0) is 16.7. The maximum Gasteiger partial charge on any atom is 0.283 e. The normalized spacial score (nSPS) is 18.7. The lowest BCUT2D eigenvalue weighted by molar-refractivity contribution is -0.114. The van der Waals surface area contributed by atoms with Crippen molar-refractivity contribution in [2.24, 2.45) is 4.99 Å². The molecule has 0 fully saturated rings. The van der Waals surface area contributed by atoms with Crippen molar-refractivity contribution < 1.29 is 4.79 Å². The maximum atomic E-state index is 12.4. The first-order valence-corrected chi connectivity index (χ1v) is 8.33. The van der Waals surface area contributed by atoms with Crippen LogP contribution in [0, 0.1) is 5.41 Å². The Morgan fingerprint density at radius 1 is 1.17 bits per heavy atom. The number of para-hydroxylation sites is 1. The van der Waals surface area contributed by atoms with Crippen molar-refractivity contribution in [3.8, 4) is 5.69 Å². The zero-order valence-corrected chi connectivity index (χ0v) is 13.7. The molecule has 0 radical (unpaired) electrons. The highest BCUT2D eigenvalue weighted by Gasteiger charge is 2.34. The number of hydrogen-bond acceptors (Lipinski definition) is 3. The van der Waals surface area contributed by atoms with Gasteiger partial charge in [-0.2, -0.15) is 4.99 Å². The van der Waals surface area contributed by atoms with Gasteiger partial charge in [-0.05, 0) is 42.7 Å². The summed E-state index contributed by atoms with van der Waals surface area (Å²) in [7, 11) is 0. The molecule has 0 spiro atoms. The average molecular weight is 334 g/mol. The highest BCUT2D eigenvalue weighted by molar-refractivity contribution is 8.16. The molecule has 24 heavy (non-hydrogen) atoms. The third kappa shape index (κ3) is 2.32. The van der Waals surface area contributed by atoms with E-state index >= 15 is 0 Å². The van der Waals surface area contributed by atoms with Gasteiger partial charge >= 0.3 is 0 Å². The largest absolute Gasteiger partial charge is 0.317 e. The number of rotatable bonds is 2. The molecule has 0 aliphatic carbocycles. The number of amidine groups is 2. The Hall–Kier alpha value is -2.86. The topological polar surface area (TPSA) is 61.5 Å². The Morgan fingerprint density at radius 3 is 2.75 bits per heavy atom. The van der Waals surface area contributed by atoms with Gasteiger partial charge in [0.2, 0.25) is 0 Å². The Labute approximate surface area is 143 Å². The van der Waals surface area contributed by atoms with Crippen LogP contribution in [-0.4, -0.2) is 26.4 Å². The number of benzene rings is 1. The molecular formula is C18H14N4OS. The van der Waals surface area contributed by atoms with Gasteiger partial charge in [0.15, 0.2) is 5.17 Å². The van der Waals surface area contributed by atoms with E-state index in [1.165, 1.54) is 11.8 Å². The lowest BCUT2D eigenvalue weighted by atomic mass is 10.1. The lowest BCUT2D eigenvalue weighted by Gasteiger charge is -2.25. The first-order valence-electron chi connectivity index (χ1n) is 7.45. The van der Waals surface area contributed by atoms with Gasteiger partial charge in [-0.3, -0.25) is 15.1 Å². The summed E-state index contributed by atoms with van der Waals surface area (Å²) in [6.07, 6.45) is 3.67. The van der Waals surface area contributed by atoms with Gasteiger partial charge in [0.05, 0.1) is 5.57 Å². The first-order chi connectivity index (χ1) is 11.6. The Kier molecular flexibility index (Phi) is 3.46. The van der Waals surface area contributed by atoms with Crippen molar-refractivity contribution in [3.63, 3.8) is 0 Å². The van der Waals surface area contributed by atoms with Crippen molar-refractivity contribution >= 4 is 34.7 Å². The number of hydrogen-bond donors (Lipinski definition) is 1. The minimum atomic E-state index is -0.373. The molecule has 5 nitrogen and oxygen atoms in total. The second-order valence-electron chi connectivity index (χ2n) is 5.46. The molecule has 4 rings (SSSR count). The van der Waals surface area contributed by atoms with Gasteiger partial charge in [0.1, 0.15) is 5.84 Å². The highest BCUT2D eigenvalue weighted by atomic mass is 32.2. The fraction of sp³-hybridized carbons (Fsp3) is 0.0556. The number of carbonyl (C=O) groups excluding carboxylic acids is 1. The summed E-state index contributed by atoms with van der Waals surface area (Å²) < 4.78 is 1.98. The van der Waals surface area contributed by atoms with E-state index in [1.54, 1.807) is 11.0 Å². The van der Waals surface area contributed by atoms with Crippen LogP contribution in [0.25, 0.3) is 11.8 Å². The summed E-state index contributed by atoms with van der Waals surface area (Å²) in [6.45, 7) is 1.91. The molecule has 1 aromatic carbocycles. The third-order valence-corrected chi connectivity index (χ3v) is 4.84. The van der Waals surface area contributed by atoms with E-state index in [9.17, 15) is 4.79 Å². The van der Waals surface area contributed by atoms with Crippen LogP contribution in [0.5, 0.6) is 0 Å². The monoisotopic (exact) mass is 334 g/mol. The average Bonchev–Trinajstić information content (AvgIpc) is 3.19. The molecule has 0 atom stereocenters. The van der Waals surface area contributed by atoms with Crippen molar-refractivity contribution in [2.45, 2.75) is 6.92 Å². The smallest absolute Gasteiger partial charge is 0.283 e. The molecule has 2 aromatic rings. The molecule has 6 heteroatoms. The molecule has 3 heterocycles. The van der Waals surface area contributed by atoms with Crippen LogP contribution in [0.4, 0.5) is 0 Å². The molecule has 1 N–H and O–H groups in total. The molecule has 0 saturated carbocycles. The lowest BCUT2D eigenvalue weighted by Crippen LogP contribution is -2.37. The summed E-state index contributed by atoms with van der Waals surface area (Å²) >= 11 is 1.37. The van der Waals surface area contributed by atoms with E-state index < -0.39 is 0 Å². The van der Waals surface area contributed by atoms with Gasteiger partial charge in [-0.25, -0.2) is 0 Å². The number of amides is 1. The molecule has 0 bridgehead atoms. The quantitative estimate of drug-likeness (QED) is 0.853. The summed E-state index contributed by atoms with van der Waals surface area (Å²) in [5, 5.41) is 10.9. The fourth-order valence-electron chi connectivity index (χ4n) is 2.72. The van der Waals surface area contributed by atoms with Gasteiger partial charge in [-0.1, -0.05) is 30.0 Å². The van der Waals surface area contributed by atoms with E-state index in [1.807, 2.05) is 65.6 Å². The van der Waals surface area contributed by atoms with E-state index in [0.29, 0.717) is 10.7 Å². The first kappa shape index (κ1) is 14.7. The van der Waals surface area contributed by atoms with E-state index in [-0.39, 0.29) is 11.7 Å². The number of nitrogens with one attached hydrogen (secondary N) is 1. The fourth-order valence-corrected chi connectivity index (χ4v) is 3.58. The van der Waals surface area contributed by atoms with Crippen molar-refractivity contribution in [1.82, 2.24) is 9.47 Å². The third-order valence-electron chi connectivity index (χ3n) is 3.89. The van der Waals surface area contributed by atoms with Crippen LogP contribution in [0.3, 0.4) is 0 Å². The van der Waals surface area contributed by atoms with Crippen LogP contribution in [0.2, 0.25) is 0 Å². The van der Waals surface area contributed by atoms with Crippen LogP contribution >= 0.6 is 11.8 Å². The number of aliphatic imine (C=N–C) groups is 1. The van der Waals surface area contributed by atoms with Crippen LogP contribution in [-0.2, 0) is 4.79 Å². The number of aromatic nitrogens is 1. The van der Waals surface area contributed by atoms with Crippen molar-refractivity contribution in [3.05, 3.63) is 71.0 Å². The number of thioether (sulfide) groups is 1. The molecule has 0 saturated heterocycles. The molecule has 1 aromatic heterocycles. The van der Waals surface area contributed by atoms with Gasteiger partial charge < -0.3 is 4.57 Å². The number of carbonyl (C=O) groups is 1. The second-order valence-corrected chi connectivity index (χ2v) is 6.29. The van der Waals surface area contributed by atoms with Crippen LogP contribution in [0.15, 0.2) is 70.3 Å². The molecular weight excluding hydrogens is 320 g/mol. The van der Waals surface area contributed by atoms with Crippen molar-refractivity contribution in [1.29, 1.82) is 5.41 Å². The Bertz CT molecular complexity index is 937. The number of fused-ring (bicyclic) bond motifs is 1. The van der Waals surface area contributed by atoms with E-state index in [0.717, 1.165) is 17.1 Å². The van der Waals surface area contributed by atoms with Crippen LogP contribution < -0.4 is 0 Å². The standard InChI is InChI=1S/C18H14N4OS/c1-12-11-24-18-20-17(23)15(16(19)22(12)18)10-14-8-5-9-21(14)13-6-3-2-4-7-13/h2-11,19H,1H3/b15-10-,19-16?. The predicted molar refractivity (Wildman–Crippen MR) is 97.1 cm³/mol. The van der Waals surface area contributed by atoms with Gasteiger partial charge in [0.25, 0.3) is 5.91 Å². The summed E-state index contributed by atoms with van der Waals surface area (Å²) in [5.74, 6) is -0.202. The predicted octanol–water partition coefficient (Wildman–Crippen LogP) is 3.64.